The van der Waals surface area contributed by atoms with Crippen LogP contribution in [0.2, 0.25) is 0 Å². The van der Waals surface area contributed by atoms with Crippen LogP contribution in [-0.2, 0) is 52.3 Å². The van der Waals surface area contributed by atoms with Crippen LogP contribution < -0.4 is 0 Å². The monoisotopic (exact) mass is 680 g/mol. The predicted molar refractivity (Wildman–Crippen MR) is 155 cm³/mol. The summed E-state index contributed by atoms with van der Waals surface area (Å²) in [5.41, 5.74) is -9.53. The Morgan fingerprint density at radius 2 is 1.69 bits per heavy atom. The molecule has 0 aromatic carbocycles. The summed E-state index contributed by atoms with van der Waals surface area (Å²) in [4.78, 5) is 40.9. The van der Waals surface area contributed by atoms with Gasteiger partial charge in [0.05, 0.1) is 51.8 Å². The number of rotatable bonds is 4. The molecule has 8 fully saturated rings. The standard InChI is InChI=1S/C33H44O15/c1-7-13(2)24(36)45-16-9-15(34)30-11-44-20(25(37)41-5)21(30)28(3)23(19-22(30)31(16,12-43-19)26(38)42-6)48-29(4)14-8-17(33(28,29)40)46-27-32(14,39)10-18(35)47-27/h7,14-23,27,34-35,39-40H,8-12H2,1-6H3. The number of hydrogen-bond acceptors (Lipinski definition) is 15. The lowest BCUT2D eigenvalue weighted by Crippen LogP contribution is -2.77. The second-order valence-corrected chi connectivity index (χ2v) is 15.5. The van der Waals surface area contributed by atoms with E-state index in [0.29, 0.717) is 5.57 Å². The number of carbonyl (C=O) groups is 3. The van der Waals surface area contributed by atoms with Gasteiger partial charge in [0.15, 0.2) is 18.7 Å². The topological polar surface area (TPSA) is 206 Å². The van der Waals surface area contributed by atoms with Gasteiger partial charge < -0.3 is 58.3 Å². The quantitative estimate of drug-likeness (QED) is 0.161. The van der Waals surface area contributed by atoms with Crippen molar-refractivity contribution in [2.75, 3.05) is 27.4 Å². The summed E-state index contributed by atoms with van der Waals surface area (Å²) in [6.07, 6.45) is -8.13. The Morgan fingerprint density at radius 1 is 0.958 bits per heavy atom. The molecule has 17 unspecified atom stereocenters. The van der Waals surface area contributed by atoms with Crippen LogP contribution in [0.25, 0.3) is 0 Å². The number of ether oxygens (including phenoxy) is 8. The minimum atomic E-state index is -1.95. The highest BCUT2D eigenvalue weighted by Gasteiger charge is 2.92. The largest absolute Gasteiger partial charge is 0.468 e. The molecule has 1 spiro atoms. The summed E-state index contributed by atoms with van der Waals surface area (Å²) in [5.74, 6) is -4.99. The lowest BCUT2D eigenvalue weighted by atomic mass is 9.38. The highest BCUT2D eigenvalue weighted by atomic mass is 16.8. The van der Waals surface area contributed by atoms with Crippen LogP contribution in [0.3, 0.4) is 0 Å². The molecule has 5 aliphatic heterocycles. The van der Waals surface area contributed by atoms with Gasteiger partial charge in [-0.15, -0.1) is 0 Å². The fourth-order valence-electron chi connectivity index (χ4n) is 12.2. The van der Waals surface area contributed by atoms with Crippen LogP contribution in [0.4, 0.5) is 0 Å². The molecule has 17 atom stereocenters. The molecule has 3 aliphatic carbocycles. The molecular weight excluding hydrogens is 636 g/mol. The molecule has 15 nitrogen and oxygen atoms in total. The molecule has 48 heavy (non-hydrogen) atoms. The van der Waals surface area contributed by atoms with Crippen LogP contribution >= 0.6 is 0 Å². The first-order chi connectivity index (χ1) is 22.6. The summed E-state index contributed by atoms with van der Waals surface area (Å²) >= 11 is 0. The van der Waals surface area contributed by atoms with Crippen LogP contribution in [0.1, 0.15) is 47.0 Å². The van der Waals surface area contributed by atoms with Crippen molar-refractivity contribution in [3.63, 3.8) is 0 Å². The lowest BCUT2D eigenvalue weighted by molar-refractivity contribution is -0.307. The molecule has 8 aliphatic rings. The SMILES string of the molecule is CC=C(C)C(=O)OC1CC(O)C23COC(C(=O)OC)C2C2(C)C(OC4(C)C5CC(OC6OC(O)CC65O)C42O)C2OCC1(C(=O)OC)C23. The Hall–Kier alpha value is -2.21. The summed E-state index contributed by atoms with van der Waals surface area (Å²) < 4.78 is 48.3. The van der Waals surface area contributed by atoms with E-state index < -0.39 is 118 Å². The summed E-state index contributed by atoms with van der Waals surface area (Å²) in [7, 11) is 2.43. The van der Waals surface area contributed by atoms with Gasteiger partial charge in [0, 0.05) is 47.0 Å². The van der Waals surface area contributed by atoms with Crippen molar-refractivity contribution in [3.05, 3.63) is 11.6 Å². The number of fused-ring (bicyclic) bond motifs is 11. The highest BCUT2D eigenvalue weighted by Crippen LogP contribution is 2.79. The summed E-state index contributed by atoms with van der Waals surface area (Å²) in [5, 5.41) is 48.1. The number of aliphatic hydroxyl groups is 4. The van der Waals surface area contributed by atoms with E-state index in [9.17, 15) is 34.8 Å². The molecule has 5 heterocycles. The number of carbonyl (C=O) groups excluding carboxylic acids is 3. The molecule has 15 heteroatoms. The number of allylic oxidation sites excluding steroid dienone is 1. The molecule has 3 saturated carbocycles. The van der Waals surface area contributed by atoms with Crippen molar-refractivity contribution in [1.29, 1.82) is 0 Å². The van der Waals surface area contributed by atoms with E-state index in [1.54, 1.807) is 33.8 Å². The van der Waals surface area contributed by atoms with Crippen molar-refractivity contribution in [3.8, 4) is 0 Å². The van der Waals surface area contributed by atoms with Crippen LogP contribution in [-0.4, -0.2) is 132 Å². The van der Waals surface area contributed by atoms with Crippen molar-refractivity contribution in [2.24, 2.45) is 34.0 Å². The molecular formula is C33H44O15. The molecule has 2 bridgehead atoms. The van der Waals surface area contributed by atoms with Gasteiger partial charge in [-0.1, -0.05) is 13.0 Å². The van der Waals surface area contributed by atoms with E-state index in [1.807, 2.05) is 0 Å². The Morgan fingerprint density at radius 3 is 2.35 bits per heavy atom. The first kappa shape index (κ1) is 33.0. The molecule has 8 rings (SSSR count). The molecule has 0 aromatic rings. The van der Waals surface area contributed by atoms with Gasteiger partial charge in [-0.05, 0) is 27.2 Å². The first-order valence-electron chi connectivity index (χ1n) is 16.6. The van der Waals surface area contributed by atoms with Gasteiger partial charge in [-0.3, -0.25) is 4.79 Å². The Balaban J connectivity index is 1.34. The third-order valence-corrected chi connectivity index (χ3v) is 14.2. The molecule has 5 saturated heterocycles. The molecule has 4 N–H and O–H groups in total. The summed E-state index contributed by atoms with van der Waals surface area (Å²) in [6, 6.07) is 0. The number of aliphatic hydroxyl groups excluding tert-OH is 2. The Labute approximate surface area is 276 Å². The number of esters is 3. The van der Waals surface area contributed by atoms with E-state index in [1.165, 1.54) is 14.2 Å². The maximum atomic E-state index is 14.1. The van der Waals surface area contributed by atoms with Crippen LogP contribution in [0, 0.1) is 34.0 Å². The molecule has 266 valence electrons. The van der Waals surface area contributed by atoms with Crippen LogP contribution in [0.15, 0.2) is 11.6 Å². The lowest BCUT2D eigenvalue weighted by Gasteiger charge is -2.65. The number of hydrogen-bond donors (Lipinski definition) is 4. The minimum absolute atomic E-state index is 0.147. The van der Waals surface area contributed by atoms with Crippen molar-refractivity contribution in [2.45, 2.75) is 113 Å². The molecule has 0 aromatic heterocycles. The van der Waals surface area contributed by atoms with Gasteiger partial charge in [0.1, 0.15) is 28.3 Å². The van der Waals surface area contributed by atoms with Gasteiger partial charge in [0.25, 0.3) is 0 Å². The van der Waals surface area contributed by atoms with Gasteiger partial charge in [-0.25, -0.2) is 9.59 Å². The van der Waals surface area contributed by atoms with Crippen molar-refractivity contribution in [1.82, 2.24) is 0 Å². The smallest absolute Gasteiger partial charge is 0.335 e. The average Bonchev–Trinajstić information content (AvgIpc) is 3.81. The van der Waals surface area contributed by atoms with Gasteiger partial charge in [0.2, 0.25) is 0 Å². The zero-order valence-electron chi connectivity index (χ0n) is 27.7. The fraction of sp³-hybridized carbons (Fsp3) is 0.848. The minimum Gasteiger partial charge on any atom is -0.468 e. The first-order valence-corrected chi connectivity index (χ1v) is 16.6. The van der Waals surface area contributed by atoms with Crippen LogP contribution in [0.5, 0.6) is 0 Å². The van der Waals surface area contributed by atoms with Gasteiger partial charge >= 0.3 is 17.9 Å². The van der Waals surface area contributed by atoms with Crippen molar-refractivity contribution >= 4 is 17.9 Å². The van der Waals surface area contributed by atoms with E-state index in [-0.39, 0.29) is 32.5 Å². The maximum absolute atomic E-state index is 14.1. The van der Waals surface area contributed by atoms with E-state index in [2.05, 4.69) is 0 Å². The predicted octanol–water partition coefficient (Wildman–Crippen LogP) is -0.899. The van der Waals surface area contributed by atoms with E-state index in [0.717, 1.165) is 0 Å². The van der Waals surface area contributed by atoms with Crippen molar-refractivity contribution < 1.29 is 72.7 Å². The highest BCUT2D eigenvalue weighted by molar-refractivity contribution is 5.88. The fourth-order valence-corrected chi connectivity index (χ4v) is 12.2. The normalized spacial score (nSPS) is 57.2. The number of methoxy groups -OCH3 is 2. The molecule has 0 radical (unpaired) electrons. The zero-order valence-corrected chi connectivity index (χ0v) is 27.7. The second-order valence-electron chi connectivity index (χ2n) is 15.5. The zero-order chi connectivity index (χ0) is 34.6. The van der Waals surface area contributed by atoms with E-state index >= 15 is 0 Å². The Kier molecular flexibility index (Phi) is 6.85. The summed E-state index contributed by atoms with van der Waals surface area (Å²) in [6.45, 7) is 6.20. The van der Waals surface area contributed by atoms with Gasteiger partial charge in [-0.2, -0.15) is 0 Å². The Bertz CT molecular complexity index is 1480. The van der Waals surface area contributed by atoms with E-state index in [4.69, 9.17) is 37.9 Å². The second kappa shape index (κ2) is 9.98. The average molecular weight is 681 g/mol. The maximum Gasteiger partial charge on any atom is 0.335 e. The molecule has 0 amide bonds. The third kappa shape index (κ3) is 3.30. The third-order valence-electron chi connectivity index (χ3n) is 14.2.